The van der Waals surface area contributed by atoms with Crippen LogP contribution in [0.3, 0.4) is 0 Å². The number of hydrogen-bond donors (Lipinski definition) is 0. The van der Waals surface area contributed by atoms with Gasteiger partial charge in [0.25, 0.3) is 0 Å². The molecule has 2 aliphatic heterocycles. The topological polar surface area (TPSA) is 15.6 Å². The number of fused-ring (bicyclic) bond motifs is 1. The molecule has 0 aliphatic carbocycles. The molecule has 0 unspecified atom stereocenters. The van der Waals surface area contributed by atoms with Crippen molar-refractivity contribution in [1.82, 2.24) is 4.90 Å². The first-order valence-corrected chi connectivity index (χ1v) is 4.44. The second-order valence-corrected chi connectivity index (χ2v) is 3.99. The quantitative estimate of drug-likeness (QED) is 0.511. The molecule has 2 rings (SSSR count). The molecule has 0 bridgehead atoms. The molecule has 2 heteroatoms. The van der Waals surface area contributed by atoms with Gasteiger partial charge in [0.2, 0.25) is 0 Å². The summed E-state index contributed by atoms with van der Waals surface area (Å²) in [5, 5.41) is 0. The first-order valence-electron chi connectivity index (χ1n) is 4.44. The van der Waals surface area contributed by atoms with Crippen LogP contribution >= 0.6 is 0 Å². The lowest BCUT2D eigenvalue weighted by Crippen LogP contribution is -2.34. The van der Waals surface area contributed by atoms with Crippen molar-refractivity contribution >= 4 is 5.71 Å². The Hall–Kier alpha value is -0.370. The zero-order chi connectivity index (χ0) is 7.90. The molecule has 62 valence electrons. The van der Waals surface area contributed by atoms with E-state index in [-0.39, 0.29) is 0 Å². The molecular formula is C9H16N2. The van der Waals surface area contributed by atoms with Gasteiger partial charge in [0.1, 0.15) is 0 Å². The third-order valence-corrected chi connectivity index (χ3v) is 3.18. The summed E-state index contributed by atoms with van der Waals surface area (Å²) in [6.07, 6.45) is 3.96. The maximum absolute atomic E-state index is 4.29. The van der Waals surface area contributed by atoms with Gasteiger partial charge in [-0.15, -0.1) is 0 Å². The van der Waals surface area contributed by atoms with Gasteiger partial charge in [-0.25, -0.2) is 0 Å². The summed E-state index contributed by atoms with van der Waals surface area (Å²) in [5.74, 6) is 0. The molecule has 0 aromatic carbocycles. The van der Waals surface area contributed by atoms with Crippen LogP contribution in [-0.4, -0.2) is 36.3 Å². The lowest BCUT2D eigenvalue weighted by molar-refractivity contribution is 0.218. The molecule has 0 aromatic heterocycles. The number of rotatable bonds is 0. The van der Waals surface area contributed by atoms with E-state index in [0.717, 1.165) is 6.54 Å². The highest BCUT2D eigenvalue weighted by molar-refractivity contribution is 5.89. The van der Waals surface area contributed by atoms with E-state index in [1.54, 1.807) is 0 Å². The van der Waals surface area contributed by atoms with Crippen molar-refractivity contribution in [2.24, 2.45) is 4.99 Å². The van der Waals surface area contributed by atoms with E-state index in [1.807, 2.05) is 7.05 Å². The molecule has 0 N–H and O–H groups in total. The second kappa shape index (κ2) is 2.31. The van der Waals surface area contributed by atoms with Crippen LogP contribution in [0.2, 0.25) is 0 Å². The van der Waals surface area contributed by atoms with Crippen LogP contribution in [0.1, 0.15) is 26.2 Å². The van der Waals surface area contributed by atoms with Gasteiger partial charge >= 0.3 is 0 Å². The Labute approximate surface area is 68.3 Å². The van der Waals surface area contributed by atoms with E-state index in [1.165, 1.54) is 31.5 Å². The number of nitrogens with zero attached hydrogens (tertiary/aromatic N) is 2. The summed E-state index contributed by atoms with van der Waals surface area (Å²) >= 11 is 0. The summed E-state index contributed by atoms with van der Waals surface area (Å²) in [7, 11) is 1.92. The van der Waals surface area contributed by atoms with Crippen LogP contribution in [0.4, 0.5) is 0 Å². The van der Waals surface area contributed by atoms with Crippen LogP contribution in [0, 0.1) is 0 Å². The molecule has 0 spiro atoms. The van der Waals surface area contributed by atoms with Crippen molar-refractivity contribution < 1.29 is 0 Å². The Morgan fingerprint density at radius 2 is 2.36 bits per heavy atom. The van der Waals surface area contributed by atoms with Crippen molar-refractivity contribution in [1.29, 1.82) is 0 Å². The lowest BCUT2D eigenvalue weighted by atomic mass is 9.96. The van der Waals surface area contributed by atoms with Gasteiger partial charge in [0.15, 0.2) is 0 Å². The summed E-state index contributed by atoms with van der Waals surface area (Å²) in [6, 6.07) is 0. The average molecular weight is 152 g/mol. The van der Waals surface area contributed by atoms with Gasteiger partial charge in [-0.3, -0.25) is 9.89 Å². The highest BCUT2D eigenvalue weighted by Crippen LogP contribution is 2.36. The predicted molar refractivity (Wildman–Crippen MR) is 47.2 cm³/mol. The Morgan fingerprint density at radius 3 is 3.00 bits per heavy atom. The summed E-state index contributed by atoms with van der Waals surface area (Å²) in [4.78, 5) is 6.87. The van der Waals surface area contributed by atoms with Crippen LogP contribution < -0.4 is 0 Å². The molecule has 1 atom stereocenters. The number of hydrogen-bond acceptors (Lipinski definition) is 2. The zero-order valence-corrected chi connectivity index (χ0v) is 7.43. The highest BCUT2D eigenvalue weighted by atomic mass is 15.2. The monoisotopic (exact) mass is 152 g/mol. The minimum atomic E-state index is 0.481. The fraction of sp³-hybridized carbons (Fsp3) is 0.889. The van der Waals surface area contributed by atoms with Crippen LogP contribution in [0.25, 0.3) is 0 Å². The fourth-order valence-electron chi connectivity index (χ4n) is 2.41. The predicted octanol–water partition coefficient (Wildman–Crippen LogP) is 1.32. The van der Waals surface area contributed by atoms with Gasteiger partial charge < -0.3 is 0 Å². The summed E-state index contributed by atoms with van der Waals surface area (Å²) < 4.78 is 0. The lowest BCUT2D eigenvalue weighted by Gasteiger charge is -2.25. The minimum absolute atomic E-state index is 0.481. The molecule has 2 nitrogen and oxygen atoms in total. The third kappa shape index (κ3) is 1.00. The van der Waals surface area contributed by atoms with Gasteiger partial charge in [0.05, 0.1) is 0 Å². The van der Waals surface area contributed by atoms with Crippen molar-refractivity contribution in [2.75, 3.05) is 20.1 Å². The van der Waals surface area contributed by atoms with Crippen molar-refractivity contribution in [2.45, 2.75) is 31.7 Å². The van der Waals surface area contributed by atoms with E-state index >= 15 is 0 Å². The first-order chi connectivity index (χ1) is 5.24. The van der Waals surface area contributed by atoms with Gasteiger partial charge in [0, 0.05) is 31.3 Å². The molecule has 0 radical (unpaired) electrons. The largest absolute Gasteiger partial charge is 0.296 e. The van der Waals surface area contributed by atoms with E-state index in [4.69, 9.17) is 0 Å². The highest BCUT2D eigenvalue weighted by Gasteiger charge is 2.42. The molecule has 2 saturated heterocycles. The Balaban J connectivity index is 2.19. The standard InChI is InChI=1S/C9H16N2/c1-9-4-3-5-11(9)7-8(6-9)10-2/h3-7H2,1-2H3/t9-/m0/s1. The van der Waals surface area contributed by atoms with E-state index in [2.05, 4.69) is 16.8 Å². The Bertz CT molecular complexity index is 198. The smallest absolute Gasteiger partial charge is 0.0369 e. The van der Waals surface area contributed by atoms with E-state index in [9.17, 15) is 0 Å². The van der Waals surface area contributed by atoms with Crippen LogP contribution in [0.15, 0.2) is 4.99 Å². The summed E-state index contributed by atoms with van der Waals surface area (Å²) in [5.41, 5.74) is 1.88. The zero-order valence-electron chi connectivity index (χ0n) is 7.43. The van der Waals surface area contributed by atoms with E-state index in [0.29, 0.717) is 5.54 Å². The molecule has 0 saturated carbocycles. The van der Waals surface area contributed by atoms with Gasteiger partial charge in [-0.1, -0.05) is 0 Å². The minimum Gasteiger partial charge on any atom is -0.296 e. The van der Waals surface area contributed by atoms with Crippen molar-refractivity contribution in [3.05, 3.63) is 0 Å². The van der Waals surface area contributed by atoms with Gasteiger partial charge in [-0.2, -0.15) is 0 Å². The second-order valence-electron chi connectivity index (χ2n) is 3.99. The molecule has 0 aromatic rings. The molecule has 11 heavy (non-hydrogen) atoms. The van der Waals surface area contributed by atoms with E-state index < -0.39 is 0 Å². The SMILES string of the molecule is CN=C1CN2CCC[C@@]2(C)C1. The molecule has 0 amide bonds. The fourth-order valence-corrected chi connectivity index (χ4v) is 2.41. The third-order valence-electron chi connectivity index (χ3n) is 3.18. The molecular weight excluding hydrogens is 136 g/mol. The first kappa shape index (κ1) is 7.29. The van der Waals surface area contributed by atoms with Crippen LogP contribution in [0.5, 0.6) is 0 Å². The molecule has 2 fully saturated rings. The maximum Gasteiger partial charge on any atom is 0.0369 e. The average Bonchev–Trinajstić information content (AvgIpc) is 2.42. The maximum atomic E-state index is 4.29. The van der Waals surface area contributed by atoms with Gasteiger partial charge in [-0.05, 0) is 26.3 Å². The molecule has 2 heterocycles. The Morgan fingerprint density at radius 1 is 1.55 bits per heavy atom. The number of aliphatic imine (C=N–C) groups is 1. The molecule has 2 aliphatic rings. The Kier molecular flexibility index (Phi) is 1.53. The van der Waals surface area contributed by atoms with Crippen LogP contribution in [-0.2, 0) is 0 Å². The van der Waals surface area contributed by atoms with Crippen molar-refractivity contribution in [3.63, 3.8) is 0 Å². The normalized spacial score (nSPS) is 41.8. The summed E-state index contributed by atoms with van der Waals surface area (Å²) in [6.45, 7) is 4.79. The van der Waals surface area contributed by atoms with Crippen molar-refractivity contribution in [3.8, 4) is 0 Å².